The first-order chi connectivity index (χ1) is 13.9. The lowest BCUT2D eigenvalue weighted by Crippen LogP contribution is -2.39. The van der Waals surface area contributed by atoms with Crippen LogP contribution in [-0.4, -0.2) is 25.3 Å². The van der Waals surface area contributed by atoms with Gasteiger partial charge in [0.1, 0.15) is 16.5 Å². The molecule has 0 fully saturated rings. The molecular weight excluding hydrogens is 405 g/mol. The van der Waals surface area contributed by atoms with Crippen LogP contribution in [0.4, 0.5) is 4.39 Å². The quantitative estimate of drug-likeness (QED) is 0.538. The molecule has 0 aromatic heterocycles. The van der Waals surface area contributed by atoms with Crippen LogP contribution in [0.5, 0.6) is 5.75 Å². The van der Waals surface area contributed by atoms with Crippen LogP contribution in [0.25, 0.3) is 0 Å². The zero-order valence-electron chi connectivity index (χ0n) is 18.2. The van der Waals surface area contributed by atoms with E-state index in [0.29, 0.717) is 13.0 Å². The number of hydrogen-bond acceptors (Lipinski definition) is 4. The van der Waals surface area contributed by atoms with Crippen molar-refractivity contribution in [3.05, 3.63) is 59.9 Å². The van der Waals surface area contributed by atoms with E-state index in [-0.39, 0.29) is 28.0 Å². The molecule has 1 atom stereocenters. The van der Waals surface area contributed by atoms with Gasteiger partial charge in [-0.2, -0.15) is 8.42 Å². The Morgan fingerprint density at radius 3 is 2.33 bits per heavy atom. The van der Waals surface area contributed by atoms with E-state index in [1.807, 2.05) is 45.6 Å². The minimum atomic E-state index is -4.08. The van der Waals surface area contributed by atoms with Crippen LogP contribution in [0.1, 0.15) is 53.0 Å². The van der Waals surface area contributed by atoms with E-state index in [0.717, 1.165) is 36.2 Å². The van der Waals surface area contributed by atoms with Gasteiger partial charge in [0.15, 0.2) is 0 Å². The maximum Gasteiger partial charge on any atom is 0.339 e. The van der Waals surface area contributed by atoms with Gasteiger partial charge in [-0.1, -0.05) is 39.8 Å². The van der Waals surface area contributed by atoms with Crippen molar-refractivity contribution in [2.45, 2.75) is 64.9 Å². The molecule has 0 aliphatic rings. The predicted molar refractivity (Wildman–Crippen MR) is 115 cm³/mol. The Hall–Kier alpha value is -2.41. The summed E-state index contributed by atoms with van der Waals surface area (Å²) in [6, 6.07) is 11.2. The summed E-state index contributed by atoms with van der Waals surface area (Å²) in [6.07, 6.45) is 1.23. The van der Waals surface area contributed by atoms with E-state index in [1.54, 1.807) is 12.1 Å². The lowest BCUT2D eigenvalue weighted by molar-refractivity contribution is -0.135. The molecule has 0 aliphatic carbocycles. The number of amides is 1. The van der Waals surface area contributed by atoms with Crippen molar-refractivity contribution in [3.63, 3.8) is 0 Å². The SMILES string of the molecule is CCC(C)N(Cc1cccc(OS(=O)(=O)c2ccc(F)cc2)c1)C(=O)CC(C)(C)C. The molecule has 2 aromatic carbocycles. The van der Waals surface area contributed by atoms with E-state index in [4.69, 9.17) is 4.18 Å². The number of nitrogens with zero attached hydrogens (tertiary/aromatic N) is 1. The van der Waals surface area contributed by atoms with Gasteiger partial charge in [0.05, 0.1) is 0 Å². The molecule has 1 unspecified atom stereocenters. The maximum atomic E-state index is 13.1. The average molecular weight is 436 g/mol. The smallest absolute Gasteiger partial charge is 0.339 e. The van der Waals surface area contributed by atoms with Crippen molar-refractivity contribution in [1.29, 1.82) is 0 Å². The van der Waals surface area contributed by atoms with Gasteiger partial charge in [0.2, 0.25) is 5.91 Å². The molecule has 0 bridgehead atoms. The first kappa shape index (κ1) is 23.9. The molecule has 7 heteroatoms. The van der Waals surface area contributed by atoms with Crippen LogP contribution in [0.15, 0.2) is 53.4 Å². The molecule has 0 heterocycles. The van der Waals surface area contributed by atoms with Crippen molar-refractivity contribution < 1.29 is 21.8 Å². The highest BCUT2D eigenvalue weighted by molar-refractivity contribution is 7.87. The Labute approximate surface area is 179 Å². The highest BCUT2D eigenvalue weighted by Crippen LogP contribution is 2.24. The molecule has 30 heavy (non-hydrogen) atoms. The van der Waals surface area contributed by atoms with Gasteiger partial charge in [0.25, 0.3) is 0 Å². The Morgan fingerprint density at radius 2 is 1.77 bits per heavy atom. The number of rotatable bonds is 8. The third-order valence-corrected chi connectivity index (χ3v) is 5.95. The fourth-order valence-electron chi connectivity index (χ4n) is 2.93. The third-order valence-electron chi connectivity index (χ3n) is 4.68. The van der Waals surface area contributed by atoms with Crippen LogP contribution in [-0.2, 0) is 21.5 Å². The summed E-state index contributed by atoms with van der Waals surface area (Å²) >= 11 is 0. The fraction of sp³-hybridized carbons (Fsp3) is 0.435. The molecule has 5 nitrogen and oxygen atoms in total. The van der Waals surface area contributed by atoms with Gasteiger partial charge < -0.3 is 9.08 Å². The number of benzene rings is 2. The molecule has 0 aliphatic heterocycles. The number of hydrogen-bond donors (Lipinski definition) is 0. The van der Waals surface area contributed by atoms with Crippen LogP contribution in [0.3, 0.4) is 0 Å². The first-order valence-electron chi connectivity index (χ1n) is 10.00. The monoisotopic (exact) mass is 435 g/mol. The van der Waals surface area contributed by atoms with Gasteiger partial charge in [-0.3, -0.25) is 4.79 Å². The van der Waals surface area contributed by atoms with E-state index in [1.165, 1.54) is 6.07 Å². The van der Waals surface area contributed by atoms with Crippen molar-refractivity contribution in [1.82, 2.24) is 4.90 Å². The summed E-state index contributed by atoms with van der Waals surface area (Å²) in [5.41, 5.74) is 0.640. The summed E-state index contributed by atoms with van der Waals surface area (Å²) in [7, 11) is -4.08. The fourth-order valence-corrected chi connectivity index (χ4v) is 3.86. The van der Waals surface area contributed by atoms with E-state index >= 15 is 0 Å². The number of carbonyl (C=O) groups is 1. The number of halogens is 1. The van der Waals surface area contributed by atoms with Crippen molar-refractivity contribution >= 4 is 16.0 Å². The molecule has 2 rings (SSSR count). The minimum Gasteiger partial charge on any atom is -0.379 e. The van der Waals surface area contributed by atoms with E-state index in [9.17, 15) is 17.6 Å². The highest BCUT2D eigenvalue weighted by atomic mass is 32.2. The second-order valence-electron chi connectivity index (χ2n) is 8.66. The largest absolute Gasteiger partial charge is 0.379 e. The normalized spacial score (nSPS) is 13.0. The van der Waals surface area contributed by atoms with Gasteiger partial charge in [-0.25, -0.2) is 4.39 Å². The van der Waals surface area contributed by atoms with Crippen LogP contribution in [0, 0.1) is 11.2 Å². The van der Waals surface area contributed by atoms with Gasteiger partial charge in [-0.15, -0.1) is 0 Å². The molecular formula is C23H30FNO4S. The molecule has 0 saturated heterocycles. The molecule has 0 saturated carbocycles. The van der Waals surface area contributed by atoms with Gasteiger partial charge >= 0.3 is 10.1 Å². The molecule has 0 N–H and O–H groups in total. The molecule has 0 spiro atoms. The summed E-state index contributed by atoms with van der Waals surface area (Å²) in [6.45, 7) is 10.5. The van der Waals surface area contributed by atoms with Crippen LogP contribution in [0.2, 0.25) is 0 Å². The lowest BCUT2D eigenvalue weighted by atomic mass is 9.91. The second-order valence-corrected chi connectivity index (χ2v) is 10.2. The minimum absolute atomic E-state index is 0.0485. The number of carbonyl (C=O) groups excluding carboxylic acids is 1. The second kappa shape index (κ2) is 9.60. The molecule has 1 amide bonds. The summed E-state index contributed by atoms with van der Waals surface area (Å²) in [5.74, 6) is -0.327. The Bertz CT molecular complexity index is 965. The summed E-state index contributed by atoms with van der Waals surface area (Å²) in [4.78, 5) is 14.5. The first-order valence-corrected chi connectivity index (χ1v) is 11.4. The standard InChI is InChI=1S/C23H30FNO4S/c1-6-17(2)25(22(26)15-23(3,4)5)16-18-8-7-9-20(14-18)29-30(27,28)21-12-10-19(24)11-13-21/h7-14,17H,6,15-16H2,1-5H3. The lowest BCUT2D eigenvalue weighted by Gasteiger charge is -2.31. The third kappa shape index (κ3) is 6.83. The Kier molecular flexibility index (Phi) is 7.64. The molecule has 164 valence electrons. The van der Waals surface area contributed by atoms with E-state index < -0.39 is 15.9 Å². The van der Waals surface area contributed by atoms with E-state index in [2.05, 4.69) is 0 Å². The van der Waals surface area contributed by atoms with Gasteiger partial charge in [-0.05, 0) is 60.7 Å². The van der Waals surface area contributed by atoms with Gasteiger partial charge in [0, 0.05) is 19.0 Å². The zero-order chi connectivity index (χ0) is 22.5. The molecule has 0 radical (unpaired) electrons. The topological polar surface area (TPSA) is 63.7 Å². The maximum absolute atomic E-state index is 13.1. The van der Waals surface area contributed by atoms with Crippen molar-refractivity contribution in [2.24, 2.45) is 5.41 Å². The van der Waals surface area contributed by atoms with Crippen LogP contribution >= 0.6 is 0 Å². The average Bonchev–Trinajstić information content (AvgIpc) is 2.64. The molecule has 2 aromatic rings. The van der Waals surface area contributed by atoms with Crippen LogP contribution < -0.4 is 4.18 Å². The van der Waals surface area contributed by atoms with Crippen molar-refractivity contribution in [2.75, 3.05) is 0 Å². The Balaban J connectivity index is 2.22. The van der Waals surface area contributed by atoms with Crippen molar-refractivity contribution in [3.8, 4) is 5.75 Å². The predicted octanol–water partition coefficient (Wildman–Crippen LogP) is 5.16. The Morgan fingerprint density at radius 1 is 1.13 bits per heavy atom. The summed E-state index contributed by atoms with van der Waals surface area (Å²) in [5, 5.41) is 0. The summed E-state index contributed by atoms with van der Waals surface area (Å²) < 4.78 is 43.2. The zero-order valence-corrected chi connectivity index (χ0v) is 19.0. The highest BCUT2D eigenvalue weighted by Gasteiger charge is 2.24.